The topological polar surface area (TPSA) is 88.3 Å². The van der Waals surface area contributed by atoms with Gasteiger partial charge >= 0.3 is 0 Å². The largest absolute Gasteiger partial charge is 0.343 e. The fourth-order valence-corrected chi connectivity index (χ4v) is 5.54. The van der Waals surface area contributed by atoms with Gasteiger partial charge in [-0.1, -0.05) is 42.5 Å². The van der Waals surface area contributed by atoms with E-state index < -0.39 is 5.54 Å². The van der Waals surface area contributed by atoms with Gasteiger partial charge in [0, 0.05) is 48.7 Å². The average Bonchev–Trinajstić information content (AvgIpc) is 3.66. The second-order valence-electron chi connectivity index (χ2n) is 10.9. The van der Waals surface area contributed by atoms with Crippen molar-refractivity contribution < 1.29 is 14.0 Å². The van der Waals surface area contributed by atoms with Gasteiger partial charge in [0.1, 0.15) is 5.82 Å². The number of benzene rings is 2. The van der Waals surface area contributed by atoms with E-state index >= 15 is 4.39 Å². The minimum atomic E-state index is -0.547. The molecule has 6 nitrogen and oxygen atoms in total. The molecule has 0 aliphatic heterocycles. The Morgan fingerprint density at radius 2 is 1.76 bits per heavy atom. The molecule has 3 N–H and O–H groups in total. The van der Waals surface area contributed by atoms with Crippen molar-refractivity contribution in [3.63, 3.8) is 0 Å². The molecule has 2 aliphatic carbocycles. The third kappa shape index (κ3) is 5.63. The van der Waals surface area contributed by atoms with Crippen molar-refractivity contribution in [2.75, 3.05) is 12.4 Å². The maximum Gasteiger partial charge on any atom is 0.224 e. The normalized spacial score (nSPS) is 20.0. The molecule has 38 heavy (non-hydrogen) atoms. The molecule has 0 bridgehead atoms. The SMILES string of the molecule is CC(=O)N(C)C1CCC(CC(=O)Nc2cnc(-c3ccc(C4(N)CC4)c(F)c3)c(-c3ccccc3)c2)CC1. The molecule has 2 saturated carbocycles. The minimum absolute atomic E-state index is 0.0463. The molecule has 2 fully saturated rings. The molecule has 2 aliphatic rings. The molecule has 1 heterocycles. The monoisotopic (exact) mass is 514 g/mol. The second kappa shape index (κ2) is 10.7. The number of aromatic nitrogens is 1. The van der Waals surface area contributed by atoms with Crippen molar-refractivity contribution in [3.8, 4) is 22.4 Å². The van der Waals surface area contributed by atoms with Crippen molar-refractivity contribution >= 4 is 17.5 Å². The molecule has 0 radical (unpaired) electrons. The Kier molecular flexibility index (Phi) is 7.30. The summed E-state index contributed by atoms with van der Waals surface area (Å²) in [4.78, 5) is 31.1. The highest BCUT2D eigenvalue weighted by Crippen LogP contribution is 2.44. The van der Waals surface area contributed by atoms with Crippen LogP contribution in [0.1, 0.15) is 57.4 Å². The third-order valence-corrected chi connectivity index (χ3v) is 8.16. The van der Waals surface area contributed by atoms with Crippen molar-refractivity contribution in [3.05, 3.63) is 72.2 Å². The lowest BCUT2D eigenvalue weighted by atomic mass is 9.83. The van der Waals surface area contributed by atoms with E-state index in [4.69, 9.17) is 5.73 Å². The van der Waals surface area contributed by atoms with Crippen LogP contribution in [0.15, 0.2) is 60.8 Å². The molecule has 2 amide bonds. The first-order valence-electron chi connectivity index (χ1n) is 13.4. The lowest BCUT2D eigenvalue weighted by Gasteiger charge is -2.34. The zero-order chi connectivity index (χ0) is 26.9. The number of halogens is 1. The fourth-order valence-electron chi connectivity index (χ4n) is 5.54. The molecule has 0 atom stereocenters. The maximum atomic E-state index is 15.0. The van der Waals surface area contributed by atoms with E-state index in [1.807, 2.05) is 54.4 Å². The summed E-state index contributed by atoms with van der Waals surface area (Å²) in [5, 5.41) is 3.02. The van der Waals surface area contributed by atoms with Gasteiger partial charge < -0.3 is 16.0 Å². The lowest BCUT2D eigenvalue weighted by Crippen LogP contribution is -2.38. The minimum Gasteiger partial charge on any atom is -0.343 e. The van der Waals surface area contributed by atoms with Gasteiger partial charge in [0.15, 0.2) is 0 Å². The van der Waals surface area contributed by atoms with Gasteiger partial charge in [0.2, 0.25) is 11.8 Å². The molecule has 7 heteroatoms. The van der Waals surface area contributed by atoms with Crippen LogP contribution >= 0.6 is 0 Å². The van der Waals surface area contributed by atoms with Crippen LogP contribution in [0, 0.1) is 11.7 Å². The summed E-state index contributed by atoms with van der Waals surface area (Å²) in [5.41, 5.74) is 9.91. The Morgan fingerprint density at radius 1 is 1.05 bits per heavy atom. The number of nitrogens with one attached hydrogen (secondary N) is 1. The molecule has 1 aromatic heterocycles. The van der Waals surface area contributed by atoms with Gasteiger partial charge in [0.25, 0.3) is 0 Å². The highest BCUT2D eigenvalue weighted by molar-refractivity contribution is 5.93. The average molecular weight is 515 g/mol. The van der Waals surface area contributed by atoms with Gasteiger partial charge in [-0.25, -0.2) is 4.39 Å². The number of rotatable bonds is 7. The van der Waals surface area contributed by atoms with Crippen molar-refractivity contribution in [1.82, 2.24) is 9.88 Å². The molecule has 5 rings (SSSR count). The van der Waals surface area contributed by atoms with Crippen LogP contribution in [-0.4, -0.2) is 34.8 Å². The van der Waals surface area contributed by atoms with Gasteiger partial charge in [-0.15, -0.1) is 0 Å². The molecule has 0 spiro atoms. The van der Waals surface area contributed by atoms with E-state index in [1.165, 1.54) is 6.07 Å². The van der Waals surface area contributed by atoms with Crippen LogP contribution in [0.3, 0.4) is 0 Å². The summed E-state index contributed by atoms with van der Waals surface area (Å²) >= 11 is 0. The first kappa shape index (κ1) is 26.0. The van der Waals surface area contributed by atoms with Crippen LogP contribution in [0.2, 0.25) is 0 Å². The number of carbonyl (C=O) groups excluding carboxylic acids is 2. The third-order valence-electron chi connectivity index (χ3n) is 8.16. The Hall–Kier alpha value is -3.58. The first-order valence-corrected chi connectivity index (χ1v) is 13.4. The Bertz CT molecular complexity index is 1330. The Morgan fingerprint density at radius 3 is 2.39 bits per heavy atom. The number of amides is 2. The van der Waals surface area contributed by atoms with E-state index in [1.54, 1.807) is 19.2 Å². The number of hydrogen-bond acceptors (Lipinski definition) is 4. The standard InChI is InChI=1S/C31H35FN4O2/c1-20(37)36(2)25-11-8-21(9-12-25)16-29(38)35-24-18-26(22-6-4-3-5-7-22)30(34-19-24)23-10-13-27(28(32)17-23)31(33)14-15-31/h3-7,10,13,17-19,21,25H,8-9,11-12,14-16,33H2,1-2H3,(H,35,38). The molecular weight excluding hydrogens is 479 g/mol. The number of hydrogen-bond donors (Lipinski definition) is 2. The van der Waals surface area contributed by atoms with Crippen LogP contribution < -0.4 is 11.1 Å². The summed E-state index contributed by atoms with van der Waals surface area (Å²) < 4.78 is 15.0. The van der Waals surface area contributed by atoms with Gasteiger partial charge in [0.05, 0.1) is 17.6 Å². The summed E-state index contributed by atoms with van der Waals surface area (Å²) in [5.74, 6) is 0.0207. The zero-order valence-corrected chi connectivity index (χ0v) is 22.0. The van der Waals surface area contributed by atoms with Crippen LogP contribution in [-0.2, 0) is 15.1 Å². The molecule has 0 unspecified atom stereocenters. The van der Waals surface area contributed by atoms with E-state index in [0.29, 0.717) is 34.8 Å². The maximum absolute atomic E-state index is 15.0. The van der Waals surface area contributed by atoms with Crippen molar-refractivity contribution in [1.29, 1.82) is 0 Å². The molecular formula is C31H35FN4O2. The van der Waals surface area contributed by atoms with E-state index in [2.05, 4.69) is 10.3 Å². The molecule has 198 valence electrons. The lowest BCUT2D eigenvalue weighted by molar-refractivity contribution is -0.130. The predicted molar refractivity (Wildman–Crippen MR) is 148 cm³/mol. The highest BCUT2D eigenvalue weighted by atomic mass is 19.1. The number of anilines is 1. The predicted octanol–water partition coefficient (Wildman–Crippen LogP) is 5.87. The van der Waals surface area contributed by atoms with E-state index in [0.717, 1.165) is 49.7 Å². The summed E-state index contributed by atoms with van der Waals surface area (Å²) in [6.07, 6.45) is 7.35. The number of nitrogens with zero attached hydrogens (tertiary/aromatic N) is 2. The second-order valence-corrected chi connectivity index (χ2v) is 10.9. The van der Waals surface area contributed by atoms with Crippen molar-refractivity contribution in [2.24, 2.45) is 11.7 Å². The Labute approximate surface area is 223 Å². The Balaban J connectivity index is 1.32. The van der Waals surface area contributed by atoms with Gasteiger partial charge in [-0.3, -0.25) is 14.6 Å². The van der Waals surface area contributed by atoms with E-state index in [-0.39, 0.29) is 23.7 Å². The van der Waals surface area contributed by atoms with Crippen LogP contribution in [0.4, 0.5) is 10.1 Å². The summed E-state index contributed by atoms with van der Waals surface area (Å²) in [6, 6.07) is 17.1. The molecule has 0 saturated heterocycles. The first-order chi connectivity index (χ1) is 18.2. The fraction of sp³-hybridized carbons (Fsp3) is 0.387. The quantitative estimate of drug-likeness (QED) is 0.413. The molecule has 3 aromatic rings. The highest BCUT2D eigenvalue weighted by Gasteiger charge is 2.42. The number of nitrogens with two attached hydrogens (primary N) is 1. The smallest absolute Gasteiger partial charge is 0.224 e. The zero-order valence-electron chi connectivity index (χ0n) is 22.0. The van der Waals surface area contributed by atoms with Crippen LogP contribution in [0.5, 0.6) is 0 Å². The number of pyridine rings is 1. The summed E-state index contributed by atoms with van der Waals surface area (Å²) in [6.45, 7) is 1.59. The van der Waals surface area contributed by atoms with Crippen molar-refractivity contribution in [2.45, 2.75) is 63.5 Å². The van der Waals surface area contributed by atoms with Gasteiger partial charge in [-0.05, 0) is 62.1 Å². The number of carbonyl (C=O) groups is 2. The van der Waals surface area contributed by atoms with Crippen LogP contribution in [0.25, 0.3) is 22.4 Å². The summed E-state index contributed by atoms with van der Waals surface area (Å²) in [7, 11) is 1.85. The van der Waals surface area contributed by atoms with E-state index in [9.17, 15) is 9.59 Å². The molecule has 2 aromatic carbocycles. The van der Waals surface area contributed by atoms with Gasteiger partial charge in [-0.2, -0.15) is 0 Å².